The van der Waals surface area contributed by atoms with E-state index in [2.05, 4.69) is 22.7 Å². The van der Waals surface area contributed by atoms with E-state index in [0.29, 0.717) is 11.3 Å². The number of hydrogen-bond donors (Lipinski definition) is 2. The van der Waals surface area contributed by atoms with E-state index in [9.17, 15) is 4.79 Å². The molecule has 1 aliphatic carbocycles. The second-order valence-corrected chi connectivity index (χ2v) is 7.87. The zero-order valence-corrected chi connectivity index (χ0v) is 15.5. The van der Waals surface area contributed by atoms with Gasteiger partial charge in [0.2, 0.25) is 5.91 Å². The molecule has 23 heavy (non-hydrogen) atoms. The SMILES string of the molecule is CCSC1CCCC1NC(=O)[C@H]1CNC[C@@H]1c1cnn(C)c1.Cl. The highest BCUT2D eigenvalue weighted by molar-refractivity contribution is 7.99. The number of carbonyl (C=O) groups is 1. The van der Waals surface area contributed by atoms with E-state index in [-0.39, 0.29) is 30.2 Å². The second-order valence-electron chi connectivity index (χ2n) is 6.36. The first kappa shape index (κ1) is 18.6. The van der Waals surface area contributed by atoms with Crippen LogP contribution in [0.5, 0.6) is 0 Å². The van der Waals surface area contributed by atoms with Crippen molar-refractivity contribution >= 4 is 30.1 Å². The number of aryl methyl sites for hydroxylation is 1. The molecular formula is C16H27ClN4OS. The van der Waals surface area contributed by atoms with Crippen LogP contribution in [0.3, 0.4) is 0 Å². The van der Waals surface area contributed by atoms with E-state index in [1.807, 2.05) is 35.9 Å². The molecule has 4 atom stereocenters. The summed E-state index contributed by atoms with van der Waals surface area (Å²) in [6, 6.07) is 0.354. The van der Waals surface area contributed by atoms with Crippen molar-refractivity contribution in [3.05, 3.63) is 18.0 Å². The summed E-state index contributed by atoms with van der Waals surface area (Å²) in [6.45, 7) is 3.83. The highest BCUT2D eigenvalue weighted by atomic mass is 35.5. The van der Waals surface area contributed by atoms with E-state index in [1.54, 1.807) is 0 Å². The lowest BCUT2D eigenvalue weighted by Gasteiger charge is -2.24. The lowest BCUT2D eigenvalue weighted by Crippen LogP contribution is -2.43. The molecule has 1 amide bonds. The Morgan fingerprint density at radius 1 is 1.48 bits per heavy atom. The Hall–Kier alpha value is -0.720. The summed E-state index contributed by atoms with van der Waals surface area (Å²) in [5, 5.41) is 11.6. The van der Waals surface area contributed by atoms with Crippen LogP contribution in [0.2, 0.25) is 0 Å². The summed E-state index contributed by atoms with van der Waals surface area (Å²) in [6.07, 6.45) is 7.52. The molecule has 0 aromatic carbocycles. The van der Waals surface area contributed by atoms with Crippen LogP contribution < -0.4 is 10.6 Å². The van der Waals surface area contributed by atoms with Gasteiger partial charge < -0.3 is 10.6 Å². The number of aromatic nitrogens is 2. The number of nitrogens with zero attached hydrogens (tertiary/aromatic N) is 2. The molecule has 7 heteroatoms. The first-order valence-corrected chi connectivity index (χ1v) is 9.35. The molecule has 2 N–H and O–H groups in total. The van der Waals surface area contributed by atoms with Crippen molar-refractivity contribution in [2.75, 3.05) is 18.8 Å². The molecule has 0 spiro atoms. The number of rotatable bonds is 5. The summed E-state index contributed by atoms with van der Waals surface area (Å²) in [4.78, 5) is 12.8. The third-order valence-electron chi connectivity index (χ3n) is 4.86. The maximum absolute atomic E-state index is 12.8. The second kappa shape index (κ2) is 8.40. The molecule has 1 saturated carbocycles. The zero-order chi connectivity index (χ0) is 15.5. The lowest BCUT2D eigenvalue weighted by molar-refractivity contribution is -0.125. The van der Waals surface area contributed by atoms with Crippen molar-refractivity contribution in [2.45, 2.75) is 43.4 Å². The van der Waals surface area contributed by atoms with Crippen molar-refractivity contribution < 1.29 is 4.79 Å². The van der Waals surface area contributed by atoms with E-state index >= 15 is 0 Å². The zero-order valence-electron chi connectivity index (χ0n) is 13.8. The Kier molecular flexibility index (Phi) is 6.80. The van der Waals surface area contributed by atoms with Gasteiger partial charge in [0.1, 0.15) is 0 Å². The summed E-state index contributed by atoms with van der Waals surface area (Å²) < 4.78 is 1.81. The smallest absolute Gasteiger partial charge is 0.225 e. The van der Waals surface area contributed by atoms with Crippen molar-refractivity contribution in [3.63, 3.8) is 0 Å². The van der Waals surface area contributed by atoms with Crippen molar-refractivity contribution in [3.8, 4) is 0 Å². The van der Waals surface area contributed by atoms with Gasteiger partial charge in [0.25, 0.3) is 0 Å². The molecule has 2 fully saturated rings. The van der Waals surface area contributed by atoms with Crippen molar-refractivity contribution in [2.24, 2.45) is 13.0 Å². The van der Waals surface area contributed by atoms with Crippen LogP contribution in [-0.4, -0.2) is 45.8 Å². The number of carbonyl (C=O) groups excluding carboxylic acids is 1. The van der Waals surface area contributed by atoms with Gasteiger partial charge in [-0.3, -0.25) is 9.48 Å². The Morgan fingerprint density at radius 2 is 2.30 bits per heavy atom. The highest BCUT2D eigenvalue weighted by Gasteiger charge is 2.37. The van der Waals surface area contributed by atoms with E-state index < -0.39 is 0 Å². The van der Waals surface area contributed by atoms with Crippen LogP contribution in [0.1, 0.15) is 37.7 Å². The van der Waals surface area contributed by atoms with Crippen molar-refractivity contribution in [1.29, 1.82) is 0 Å². The third-order valence-corrected chi connectivity index (χ3v) is 6.19. The molecule has 3 rings (SSSR count). The van der Waals surface area contributed by atoms with Gasteiger partial charge in [0, 0.05) is 43.5 Å². The molecule has 1 aliphatic heterocycles. The Morgan fingerprint density at radius 3 is 3.00 bits per heavy atom. The number of hydrogen-bond acceptors (Lipinski definition) is 4. The van der Waals surface area contributed by atoms with Crippen LogP contribution >= 0.6 is 24.2 Å². The third kappa shape index (κ3) is 4.22. The fourth-order valence-electron chi connectivity index (χ4n) is 3.73. The predicted molar refractivity (Wildman–Crippen MR) is 97.3 cm³/mol. The normalized spacial score (nSPS) is 30.2. The van der Waals surface area contributed by atoms with Gasteiger partial charge in [0.15, 0.2) is 0 Å². The Bertz CT molecular complexity index is 524. The molecule has 1 saturated heterocycles. The molecule has 2 aliphatic rings. The number of halogens is 1. The molecule has 2 unspecified atom stereocenters. The van der Waals surface area contributed by atoms with E-state index in [0.717, 1.165) is 25.3 Å². The average molecular weight is 359 g/mol. The van der Waals surface area contributed by atoms with Crippen LogP contribution in [-0.2, 0) is 11.8 Å². The number of amides is 1. The summed E-state index contributed by atoms with van der Waals surface area (Å²) in [7, 11) is 1.92. The van der Waals surface area contributed by atoms with Gasteiger partial charge in [-0.25, -0.2) is 0 Å². The van der Waals surface area contributed by atoms with Gasteiger partial charge in [-0.05, 0) is 24.2 Å². The maximum Gasteiger partial charge on any atom is 0.225 e. The maximum atomic E-state index is 12.8. The predicted octanol–water partition coefficient (Wildman–Crippen LogP) is 1.94. The van der Waals surface area contributed by atoms with Gasteiger partial charge in [-0.15, -0.1) is 12.4 Å². The number of thioether (sulfide) groups is 1. The Balaban J connectivity index is 0.00000192. The molecule has 2 heterocycles. The van der Waals surface area contributed by atoms with Crippen LogP contribution in [0, 0.1) is 5.92 Å². The standard InChI is InChI=1S/C16H26N4OS.ClH/c1-3-22-15-6-4-5-14(15)19-16(21)13-9-17-8-12(13)11-7-18-20(2)10-11;/h7,10,12-15,17H,3-6,8-9H2,1-2H3,(H,19,21);1H/t12-,13+,14?,15?;/m1./s1. The minimum Gasteiger partial charge on any atom is -0.352 e. The summed E-state index contributed by atoms with van der Waals surface area (Å²) in [5.41, 5.74) is 1.17. The number of nitrogens with one attached hydrogen (secondary N) is 2. The van der Waals surface area contributed by atoms with E-state index in [4.69, 9.17) is 0 Å². The quantitative estimate of drug-likeness (QED) is 0.844. The minimum absolute atomic E-state index is 0. The average Bonchev–Trinajstić information content (AvgIpc) is 3.20. The van der Waals surface area contributed by atoms with E-state index in [1.165, 1.54) is 18.4 Å². The van der Waals surface area contributed by atoms with Crippen LogP contribution in [0.4, 0.5) is 0 Å². The fourth-order valence-corrected chi connectivity index (χ4v) is 4.93. The largest absolute Gasteiger partial charge is 0.352 e. The molecule has 0 bridgehead atoms. The van der Waals surface area contributed by atoms with Crippen LogP contribution in [0.15, 0.2) is 12.4 Å². The molecule has 130 valence electrons. The van der Waals surface area contributed by atoms with Gasteiger partial charge in [-0.2, -0.15) is 16.9 Å². The molecule has 1 aromatic heterocycles. The van der Waals surface area contributed by atoms with Gasteiger partial charge in [0.05, 0.1) is 12.1 Å². The monoisotopic (exact) mass is 358 g/mol. The topological polar surface area (TPSA) is 59.0 Å². The first-order valence-electron chi connectivity index (χ1n) is 8.30. The minimum atomic E-state index is 0. The molecular weight excluding hydrogens is 332 g/mol. The van der Waals surface area contributed by atoms with Gasteiger partial charge >= 0.3 is 0 Å². The Labute approximate surface area is 148 Å². The fraction of sp³-hybridized carbons (Fsp3) is 0.750. The first-order chi connectivity index (χ1) is 10.7. The van der Waals surface area contributed by atoms with Crippen molar-refractivity contribution in [1.82, 2.24) is 20.4 Å². The molecule has 5 nitrogen and oxygen atoms in total. The highest BCUT2D eigenvalue weighted by Crippen LogP contribution is 2.32. The van der Waals surface area contributed by atoms with Gasteiger partial charge in [-0.1, -0.05) is 13.3 Å². The van der Waals surface area contributed by atoms with Crippen LogP contribution in [0.25, 0.3) is 0 Å². The lowest BCUT2D eigenvalue weighted by atomic mass is 9.90. The molecule has 0 radical (unpaired) electrons. The summed E-state index contributed by atoms with van der Waals surface area (Å²) >= 11 is 1.99. The molecule has 1 aromatic rings. The summed E-state index contributed by atoms with van der Waals surface area (Å²) in [5.74, 6) is 1.61.